The van der Waals surface area contributed by atoms with Crippen molar-refractivity contribution >= 4 is 11.7 Å². The Morgan fingerprint density at radius 1 is 1.13 bits per heavy atom. The summed E-state index contributed by atoms with van der Waals surface area (Å²) in [6.45, 7) is 3.78. The number of rotatable bonds is 6. The molecule has 1 amide bonds. The van der Waals surface area contributed by atoms with E-state index in [0.717, 1.165) is 5.56 Å². The number of halogens is 4. The minimum atomic E-state index is -2.69. The van der Waals surface area contributed by atoms with E-state index >= 15 is 0 Å². The topological polar surface area (TPSA) is 46.9 Å². The monoisotopic (exact) mass is 423 g/mol. The Bertz CT molecular complexity index is 925. The number of nitrogens with one attached hydrogen (secondary N) is 1. The average molecular weight is 423 g/mol. The number of aromatic nitrogens is 2. The average Bonchev–Trinajstić information content (AvgIpc) is 2.93. The fourth-order valence-corrected chi connectivity index (χ4v) is 4.35. The first-order valence-corrected chi connectivity index (χ1v) is 10.2. The Kier molecular flexibility index (Phi) is 5.14. The van der Waals surface area contributed by atoms with Crippen molar-refractivity contribution in [1.82, 2.24) is 9.78 Å². The zero-order chi connectivity index (χ0) is 21.7. The summed E-state index contributed by atoms with van der Waals surface area (Å²) in [7, 11) is 0. The molecule has 4 rings (SSSR count). The van der Waals surface area contributed by atoms with Gasteiger partial charge in [0.25, 0.3) is 0 Å². The molecule has 1 aromatic heterocycles. The van der Waals surface area contributed by atoms with Crippen LogP contribution >= 0.6 is 0 Å². The van der Waals surface area contributed by atoms with Crippen molar-refractivity contribution < 1.29 is 22.4 Å². The molecule has 2 fully saturated rings. The predicted molar refractivity (Wildman–Crippen MR) is 105 cm³/mol. The van der Waals surface area contributed by atoms with Crippen molar-refractivity contribution in [2.24, 2.45) is 11.8 Å². The molecule has 1 N–H and O–H groups in total. The summed E-state index contributed by atoms with van der Waals surface area (Å²) in [6.07, 6.45) is -1.08. The van der Waals surface area contributed by atoms with Crippen LogP contribution in [0.15, 0.2) is 30.3 Å². The number of amides is 1. The second-order valence-electron chi connectivity index (χ2n) is 8.77. The van der Waals surface area contributed by atoms with Crippen molar-refractivity contribution in [3.05, 3.63) is 47.2 Å². The van der Waals surface area contributed by atoms with Crippen LogP contribution in [0.4, 0.5) is 23.4 Å². The minimum Gasteiger partial charge on any atom is -0.310 e. The highest BCUT2D eigenvalue weighted by molar-refractivity contribution is 5.92. The normalized spacial score (nSPS) is 21.5. The van der Waals surface area contributed by atoms with Crippen LogP contribution in [0, 0.1) is 18.8 Å². The van der Waals surface area contributed by atoms with E-state index in [4.69, 9.17) is 0 Å². The van der Waals surface area contributed by atoms with Gasteiger partial charge in [0.15, 0.2) is 0 Å². The highest BCUT2D eigenvalue weighted by Gasteiger charge is 2.49. The second kappa shape index (κ2) is 7.39. The first-order chi connectivity index (χ1) is 14.0. The Morgan fingerprint density at radius 2 is 1.73 bits per heavy atom. The van der Waals surface area contributed by atoms with Crippen LogP contribution in [0.25, 0.3) is 0 Å². The quantitative estimate of drug-likeness (QED) is 0.635. The van der Waals surface area contributed by atoms with Gasteiger partial charge in [-0.25, -0.2) is 22.2 Å². The third kappa shape index (κ3) is 4.09. The summed E-state index contributed by atoms with van der Waals surface area (Å²) in [5, 5.41) is 7.40. The molecule has 2 aliphatic carbocycles. The summed E-state index contributed by atoms with van der Waals surface area (Å²) < 4.78 is 54.8. The van der Waals surface area contributed by atoms with Crippen LogP contribution < -0.4 is 5.32 Å². The van der Waals surface area contributed by atoms with Crippen LogP contribution in [-0.2, 0) is 11.3 Å². The van der Waals surface area contributed by atoms with Crippen molar-refractivity contribution in [1.29, 1.82) is 0 Å². The maximum absolute atomic E-state index is 13.4. The molecule has 2 saturated carbocycles. The molecule has 1 aromatic carbocycles. The third-order valence-corrected chi connectivity index (χ3v) is 6.36. The van der Waals surface area contributed by atoms with E-state index in [2.05, 4.69) is 10.4 Å². The minimum absolute atomic E-state index is 0.253. The number of benzene rings is 1. The molecule has 0 radical (unpaired) electrons. The predicted octanol–water partition coefficient (Wildman–Crippen LogP) is 5.37. The van der Waals surface area contributed by atoms with Gasteiger partial charge in [0, 0.05) is 43.1 Å². The molecular weight excluding hydrogens is 398 g/mol. The molecule has 2 aliphatic rings. The van der Waals surface area contributed by atoms with E-state index in [-0.39, 0.29) is 43.4 Å². The first kappa shape index (κ1) is 20.9. The van der Waals surface area contributed by atoms with Crippen molar-refractivity contribution in [2.45, 2.75) is 63.8 Å². The van der Waals surface area contributed by atoms with Crippen molar-refractivity contribution in [3.63, 3.8) is 0 Å². The Balaban J connectivity index is 1.56. The van der Waals surface area contributed by atoms with Gasteiger partial charge in [0.2, 0.25) is 17.8 Å². The number of hydrogen-bond acceptors (Lipinski definition) is 2. The maximum Gasteiger partial charge on any atom is 0.249 e. The highest BCUT2D eigenvalue weighted by Crippen LogP contribution is 2.49. The Morgan fingerprint density at radius 3 is 2.30 bits per heavy atom. The molecule has 2 aromatic rings. The summed E-state index contributed by atoms with van der Waals surface area (Å²) in [4.78, 5) is 12.8. The van der Waals surface area contributed by atoms with Crippen LogP contribution in [0.1, 0.15) is 55.3 Å². The van der Waals surface area contributed by atoms with E-state index in [0.29, 0.717) is 23.6 Å². The smallest absolute Gasteiger partial charge is 0.249 e. The maximum atomic E-state index is 13.4. The van der Waals surface area contributed by atoms with Crippen LogP contribution in [-0.4, -0.2) is 27.5 Å². The summed E-state index contributed by atoms with van der Waals surface area (Å²) in [5.74, 6) is -6.54. The van der Waals surface area contributed by atoms with E-state index < -0.39 is 17.8 Å². The molecule has 8 heteroatoms. The van der Waals surface area contributed by atoms with Gasteiger partial charge < -0.3 is 5.32 Å². The van der Waals surface area contributed by atoms with Gasteiger partial charge in [-0.15, -0.1) is 0 Å². The van der Waals surface area contributed by atoms with E-state index in [1.54, 1.807) is 18.5 Å². The lowest BCUT2D eigenvalue weighted by atomic mass is 9.73. The van der Waals surface area contributed by atoms with Gasteiger partial charge in [0.1, 0.15) is 5.82 Å². The fraction of sp³-hybridized carbons (Fsp3) is 0.545. The number of hydrogen-bond donors (Lipinski definition) is 1. The van der Waals surface area contributed by atoms with Gasteiger partial charge in [-0.3, -0.25) is 4.79 Å². The van der Waals surface area contributed by atoms with Crippen LogP contribution in [0.3, 0.4) is 0 Å². The number of nitrogens with zero attached hydrogens (tertiary/aromatic N) is 2. The van der Waals surface area contributed by atoms with Crippen molar-refractivity contribution in [2.75, 3.05) is 5.32 Å². The fourth-order valence-electron chi connectivity index (χ4n) is 4.35. The van der Waals surface area contributed by atoms with E-state index in [1.165, 1.54) is 0 Å². The van der Waals surface area contributed by atoms with Gasteiger partial charge in [0.05, 0.1) is 12.2 Å². The Hall–Kier alpha value is -2.38. The zero-order valence-corrected chi connectivity index (χ0v) is 17.0. The van der Waals surface area contributed by atoms with Crippen LogP contribution in [0.5, 0.6) is 0 Å². The molecule has 30 heavy (non-hydrogen) atoms. The van der Waals surface area contributed by atoms with Gasteiger partial charge in [-0.05, 0) is 18.4 Å². The van der Waals surface area contributed by atoms with Gasteiger partial charge >= 0.3 is 0 Å². The molecule has 0 saturated heterocycles. The molecule has 0 spiro atoms. The number of carbonyl (C=O) groups is 1. The number of carbonyl (C=O) groups excluding carboxylic acids is 1. The van der Waals surface area contributed by atoms with Crippen molar-refractivity contribution in [3.8, 4) is 0 Å². The molecule has 0 bridgehead atoms. The SMILES string of the molecule is Cc1c(C2CC(F)(F)C2)nn(Cc2ccccc2)c1NC(=O)[C@H](C)C1CC(F)(F)C1. The number of anilines is 1. The largest absolute Gasteiger partial charge is 0.310 e. The molecule has 4 nitrogen and oxygen atoms in total. The zero-order valence-electron chi connectivity index (χ0n) is 17.0. The van der Waals surface area contributed by atoms with E-state index in [9.17, 15) is 22.4 Å². The third-order valence-electron chi connectivity index (χ3n) is 6.36. The summed E-state index contributed by atoms with van der Waals surface area (Å²) >= 11 is 0. The highest BCUT2D eigenvalue weighted by atomic mass is 19.3. The number of alkyl halides is 4. The molecule has 0 unspecified atom stereocenters. The first-order valence-electron chi connectivity index (χ1n) is 10.2. The molecular formula is C22H25F4N3O. The molecule has 162 valence electrons. The van der Waals surface area contributed by atoms with Gasteiger partial charge in [-0.1, -0.05) is 37.3 Å². The summed E-state index contributed by atoms with van der Waals surface area (Å²) in [5.41, 5.74) is 2.17. The lowest BCUT2D eigenvalue weighted by Crippen LogP contribution is -2.42. The second-order valence-corrected chi connectivity index (χ2v) is 8.77. The summed E-state index contributed by atoms with van der Waals surface area (Å²) in [6, 6.07) is 9.49. The van der Waals surface area contributed by atoms with E-state index in [1.807, 2.05) is 30.3 Å². The molecule has 0 aliphatic heterocycles. The standard InChI is InChI=1S/C22H25F4N3O/c1-13(16-8-21(23,24)9-16)20(30)27-19-14(2)18(17-10-22(25,26)11-17)28-29(19)12-15-6-4-3-5-7-15/h3-7,13,16-17H,8-12H2,1-2H3,(H,27,30)/t13-/m1/s1. The Labute approximate surface area is 172 Å². The van der Waals surface area contributed by atoms with Gasteiger partial charge in [-0.2, -0.15) is 5.10 Å². The lowest BCUT2D eigenvalue weighted by Gasteiger charge is -2.38. The van der Waals surface area contributed by atoms with Crippen LogP contribution in [0.2, 0.25) is 0 Å². The molecule has 1 atom stereocenters. The lowest BCUT2D eigenvalue weighted by molar-refractivity contribution is -0.140. The molecule has 1 heterocycles.